The van der Waals surface area contributed by atoms with Gasteiger partial charge in [-0.2, -0.15) is 0 Å². The Morgan fingerprint density at radius 3 is 2.61 bits per heavy atom. The van der Waals surface area contributed by atoms with Crippen LogP contribution in [0.3, 0.4) is 0 Å². The second-order valence-electron chi connectivity index (χ2n) is 5.55. The van der Waals surface area contributed by atoms with E-state index in [2.05, 4.69) is 21.2 Å². The van der Waals surface area contributed by atoms with Gasteiger partial charge in [0.25, 0.3) is 11.6 Å². The molecule has 0 bridgehead atoms. The fraction of sp³-hybridized carbons (Fsp3) is 0.0556. The number of nitro groups is 1. The first-order valence-electron chi connectivity index (χ1n) is 8.10. The van der Waals surface area contributed by atoms with Crippen LogP contribution in [-0.4, -0.2) is 27.5 Å². The number of amides is 1. The van der Waals surface area contributed by atoms with Crippen molar-refractivity contribution < 1.29 is 14.5 Å². The van der Waals surface area contributed by atoms with Crippen molar-refractivity contribution in [3.8, 4) is 5.75 Å². The molecule has 1 heterocycles. The van der Waals surface area contributed by atoms with E-state index < -0.39 is 10.8 Å². The third-order valence-electron chi connectivity index (χ3n) is 3.61. The van der Waals surface area contributed by atoms with E-state index in [0.717, 1.165) is 5.39 Å². The molecule has 10 heteroatoms. The molecule has 0 unspecified atom stereocenters. The highest BCUT2D eigenvalue weighted by Gasteiger charge is 2.08. The molecule has 0 aliphatic carbocycles. The van der Waals surface area contributed by atoms with Gasteiger partial charge in [0.1, 0.15) is 11.3 Å². The minimum absolute atomic E-state index is 0.0298. The van der Waals surface area contributed by atoms with Crippen LogP contribution in [0.2, 0.25) is 0 Å². The number of hydrazine groups is 1. The number of carbonyl (C=O) groups excluding carboxylic acids is 1. The number of rotatable bonds is 5. The zero-order chi connectivity index (χ0) is 19.9. The molecule has 0 aliphatic rings. The molecule has 3 aromatic rings. The fourth-order valence-electron chi connectivity index (χ4n) is 2.33. The summed E-state index contributed by atoms with van der Waals surface area (Å²) in [5.41, 5.74) is 6.11. The maximum atomic E-state index is 11.9. The summed E-state index contributed by atoms with van der Waals surface area (Å²) in [6, 6.07) is 14.9. The van der Waals surface area contributed by atoms with Crippen LogP contribution in [0.25, 0.3) is 10.9 Å². The Morgan fingerprint density at radius 1 is 1.11 bits per heavy atom. The Morgan fingerprint density at radius 2 is 1.86 bits per heavy atom. The summed E-state index contributed by atoms with van der Waals surface area (Å²) in [6.45, 7) is -0.233. The molecule has 1 amide bonds. The van der Waals surface area contributed by atoms with Gasteiger partial charge in [-0.3, -0.25) is 30.7 Å². The number of para-hydroxylation sites is 1. The molecule has 0 spiro atoms. The van der Waals surface area contributed by atoms with Crippen molar-refractivity contribution in [2.75, 3.05) is 11.9 Å². The monoisotopic (exact) mass is 397 g/mol. The number of carbonyl (C=O) groups is 1. The smallest absolute Gasteiger partial charge is 0.276 e. The summed E-state index contributed by atoms with van der Waals surface area (Å²) in [5.74, 6) is 0.0561. The fourth-order valence-corrected chi connectivity index (χ4v) is 2.50. The van der Waals surface area contributed by atoms with Gasteiger partial charge in [-0.05, 0) is 36.5 Å². The molecule has 142 valence electrons. The number of hydrogen-bond donors (Lipinski definition) is 3. The highest BCUT2D eigenvalue weighted by atomic mass is 32.1. The maximum Gasteiger partial charge on any atom is 0.276 e. The van der Waals surface area contributed by atoms with E-state index in [9.17, 15) is 14.9 Å². The Bertz CT molecular complexity index is 1020. The lowest BCUT2D eigenvalue weighted by molar-refractivity contribution is -0.384. The number of fused-ring (bicyclic) bond motifs is 1. The highest BCUT2D eigenvalue weighted by Crippen LogP contribution is 2.22. The zero-order valence-corrected chi connectivity index (χ0v) is 15.2. The molecule has 9 nitrogen and oxygen atoms in total. The summed E-state index contributed by atoms with van der Waals surface area (Å²) in [4.78, 5) is 26.3. The van der Waals surface area contributed by atoms with Crippen molar-refractivity contribution in [3.63, 3.8) is 0 Å². The van der Waals surface area contributed by atoms with Crippen molar-refractivity contribution in [1.29, 1.82) is 0 Å². The van der Waals surface area contributed by atoms with E-state index in [1.54, 1.807) is 12.3 Å². The first-order chi connectivity index (χ1) is 13.5. The SMILES string of the molecule is O=C(COc1cccc2cccnc12)NNC(=S)Nc1ccc([N+](=O)[O-])cc1. The molecule has 3 rings (SSSR count). The number of benzene rings is 2. The summed E-state index contributed by atoms with van der Waals surface area (Å²) in [7, 11) is 0. The van der Waals surface area contributed by atoms with Gasteiger partial charge in [0, 0.05) is 29.4 Å². The third kappa shape index (κ3) is 4.89. The van der Waals surface area contributed by atoms with E-state index in [4.69, 9.17) is 17.0 Å². The van der Waals surface area contributed by atoms with E-state index in [-0.39, 0.29) is 17.4 Å². The predicted molar refractivity (Wildman–Crippen MR) is 108 cm³/mol. The lowest BCUT2D eigenvalue weighted by Crippen LogP contribution is -2.45. The predicted octanol–water partition coefficient (Wildman–Crippen LogP) is 2.54. The second-order valence-corrected chi connectivity index (χ2v) is 5.96. The average molecular weight is 397 g/mol. The number of anilines is 1. The van der Waals surface area contributed by atoms with Gasteiger partial charge in [0.15, 0.2) is 11.7 Å². The van der Waals surface area contributed by atoms with Crippen molar-refractivity contribution in [2.45, 2.75) is 0 Å². The minimum atomic E-state index is -0.494. The Hall–Kier alpha value is -3.79. The Labute approximate surface area is 164 Å². The van der Waals surface area contributed by atoms with Gasteiger partial charge in [0.2, 0.25) is 0 Å². The summed E-state index contributed by atoms with van der Waals surface area (Å²) < 4.78 is 5.53. The second kappa shape index (κ2) is 8.73. The van der Waals surface area contributed by atoms with Crippen LogP contribution < -0.4 is 20.9 Å². The number of nitrogens with one attached hydrogen (secondary N) is 3. The first kappa shape index (κ1) is 19.0. The number of aromatic nitrogens is 1. The Kier molecular flexibility index (Phi) is 5.92. The molecule has 0 atom stereocenters. The number of thiocarbonyl (C=S) groups is 1. The molecule has 0 radical (unpaired) electrons. The van der Waals surface area contributed by atoms with E-state index >= 15 is 0 Å². The molecular weight excluding hydrogens is 382 g/mol. The van der Waals surface area contributed by atoms with Gasteiger partial charge in [-0.15, -0.1) is 0 Å². The lowest BCUT2D eigenvalue weighted by Gasteiger charge is -2.12. The van der Waals surface area contributed by atoms with E-state index in [1.165, 1.54) is 24.3 Å². The quantitative estimate of drug-likeness (QED) is 0.341. The van der Waals surface area contributed by atoms with Crippen LogP contribution >= 0.6 is 12.2 Å². The first-order valence-corrected chi connectivity index (χ1v) is 8.50. The van der Waals surface area contributed by atoms with Gasteiger partial charge in [-0.1, -0.05) is 18.2 Å². The van der Waals surface area contributed by atoms with Crippen molar-refractivity contribution in [3.05, 3.63) is 70.9 Å². The molecule has 3 N–H and O–H groups in total. The van der Waals surface area contributed by atoms with Crippen LogP contribution in [0.4, 0.5) is 11.4 Å². The maximum absolute atomic E-state index is 11.9. The topological polar surface area (TPSA) is 118 Å². The van der Waals surface area contributed by atoms with Crippen LogP contribution in [0.15, 0.2) is 60.8 Å². The van der Waals surface area contributed by atoms with Crippen LogP contribution in [0, 0.1) is 10.1 Å². The van der Waals surface area contributed by atoms with Crippen LogP contribution in [0.5, 0.6) is 5.75 Å². The van der Waals surface area contributed by atoms with Crippen molar-refractivity contribution in [1.82, 2.24) is 15.8 Å². The highest BCUT2D eigenvalue weighted by molar-refractivity contribution is 7.80. The Balaban J connectivity index is 1.47. The van der Waals surface area contributed by atoms with Gasteiger partial charge < -0.3 is 10.1 Å². The van der Waals surface area contributed by atoms with E-state index in [0.29, 0.717) is 17.0 Å². The van der Waals surface area contributed by atoms with Crippen LogP contribution in [-0.2, 0) is 4.79 Å². The van der Waals surface area contributed by atoms with Crippen molar-refractivity contribution in [2.24, 2.45) is 0 Å². The summed E-state index contributed by atoms with van der Waals surface area (Å²) in [6.07, 6.45) is 1.65. The molecule has 0 saturated heterocycles. The zero-order valence-electron chi connectivity index (χ0n) is 14.4. The number of nitro benzene ring substituents is 1. The number of hydrogen-bond acceptors (Lipinski definition) is 6. The molecule has 1 aromatic heterocycles. The van der Waals surface area contributed by atoms with Crippen molar-refractivity contribution >= 4 is 45.5 Å². The average Bonchev–Trinajstić information content (AvgIpc) is 2.71. The third-order valence-corrected chi connectivity index (χ3v) is 3.81. The standard InChI is InChI=1S/C18H15N5O4S/c24-16(11-27-15-5-1-3-12-4-2-10-19-17(12)15)21-22-18(28)20-13-6-8-14(9-7-13)23(25)26/h1-10H,11H2,(H,21,24)(H2,20,22,28). The van der Waals surface area contributed by atoms with Gasteiger partial charge >= 0.3 is 0 Å². The summed E-state index contributed by atoms with van der Waals surface area (Å²) >= 11 is 5.06. The molecule has 0 aliphatic heterocycles. The largest absolute Gasteiger partial charge is 0.481 e. The van der Waals surface area contributed by atoms with E-state index in [1.807, 2.05) is 24.3 Å². The van der Waals surface area contributed by atoms with Crippen LogP contribution in [0.1, 0.15) is 0 Å². The van der Waals surface area contributed by atoms with Gasteiger partial charge in [-0.25, -0.2) is 0 Å². The normalized spacial score (nSPS) is 10.1. The number of non-ortho nitro benzene ring substituents is 1. The van der Waals surface area contributed by atoms with Gasteiger partial charge in [0.05, 0.1) is 4.92 Å². The number of pyridine rings is 1. The molecule has 0 saturated carbocycles. The number of nitrogens with zero attached hydrogens (tertiary/aromatic N) is 2. The molecule has 0 fully saturated rings. The summed E-state index contributed by atoms with van der Waals surface area (Å²) in [5, 5.41) is 14.5. The molecular formula is C18H15N5O4S. The minimum Gasteiger partial charge on any atom is -0.481 e. The lowest BCUT2D eigenvalue weighted by atomic mass is 10.2. The number of ether oxygens (including phenoxy) is 1. The molecule has 28 heavy (non-hydrogen) atoms. The molecule has 2 aromatic carbocycles.